The van der Waals surface area contributed by atoms with Crippen LogP contribution in [-0.2, 0) is 0 Å². The molecule has 0 saturated carbocycles. The number of nitrogens with zero attached hydrogens (tertiary/aromatic N) is 1. The summed E-state index contributed by atoms with van der Waals surface area (Å²) in [6, 6.07) is 3.35. The number of nitrogens with two attached hydrogens (primary N) is 1. The van der Waals surface area contributed by atoms with Gasteiger partial charge in [-0.05, 0) is 12.1 Å². The van der Waals surface area contributed by atoms with Gasteiger partial charge in [0.05, 0.1) is 5.56 Å². The van der Waals surface area contributed by atoms with Crippen molar-refractivity contribution in [2.45, 2.75) is 0 Å². The van der Waals surface area contributed by atoms with Gasteiger partial charge in [-0.3, -0.25) is 4.79 Å². The predicted molar refractivity (Wildman–Crippen MR) is 55.1 cm³/mol. The Kier molecular flexibility index (Phi) is 3.57. The molecule has 1 aromatic rings. The number of carbonyl (C=O) groups excluding carboxylic acids is 1. The van der Waals surface area contributed by atoms with Crippen LogP contribution in [0.4, 0.5) is 5.82 Å². The van der Waals surface area contributed by atoms with E-state index in [1.807, 2.05) is 0 Å². The molecule has 0 unspecified atom stereocenters. The Labute approximate surface area is 82.0 Å². The van der Waals surface area contributed by atoms with Crippen LogP contribution in [0.15, 0.2) is 18.3 Å². The van der Waals surface area contributed by atoms with Crippen LogP contribution in [0.5, 0.6) is 0 Å². The number of anilines is 1. The molecule has 1 rings (SSSR count). The third kappa shape index (κ3) is 2.95. The Morgan fingerprint density at radius 3 is 2.85 bits per heavy atom. The molecular formula is C8H11N3OS. The van der Waals surface area contributed by atoms with Crippen LogP contribution in [0.3, 0.4) is 0 Å². The van der Waals surface area contributed by atoms with Crippen molar-refractivity contribution >= 4 is 24.4 Å². The Balaban J connectivity index is 2.64. The summed E-state index contributed by atoms with van der Waals surface area (Å²) >= 11 is 4.04. The van der Waals surface area contributed by atoms with Gasteiger partial charge in [-0.2, -0.15) is 12.6 Å². The van der Waals surface area contributed by atoms with Crippen molar-refractivity contribution in [3.63, 3.8) is 0 Å². The van der Waals surface area contributed by atoms with Crippen LogP contribution in [0.2, 0.25) is 0 Å². The molecule has 0 atom stereocenters. The van der Waals surface area contributed by atoms with Gasteiger partial charge < -0.3 is 11.1 Å². The summed E-state index contributed by atoms with van der Waals surface area (Å²) in [6.45, 7) is 0.742. The third-order valence-electron chi connectivity index (χ3n) is 1.47. The molecule has 4 nitrogen and oxygen atoms in total. The second kappa shape index (κ2) is 4.71. The molecule has 1 heterocycles. The number of hydrogen-bond acceptors (Lipinski definition) is 4. The van der Waals surface area contributed by atoms with Crippen molar-refractivity contribution in [3.8, 4) is 0 Å². The van der Waals surface area contributed by atoms with E-state index >= 15 is 0 Å². The summed E-state index contributed by atoms with van der Waals surface area (Å²) in [5.41, 5.74) is 5.47. The van der Waals surface area contributed by atoms with Gasteiger partial charge >= 0.3 is 0 Å². The van der Waals surface area contributed by atoms with Gasteiger partial charge in [0, 0.05) is 18.5 Å². The van der Waals surface area contributed by atoms with E-state index in [0.717, 1.165) is 18.1 Å². The molecule has 0 saturated heterocycles. The Hall–Kier alpha value is -1.23. The molecule has 0 spiro atoms. The molecule has 0 radical (unpaired) electrons. The molecule has 1 amide bonds. The van der Waals surface area contributed by atoms with Crippen LogP contribution in [0.1, 0.15) is 10.4 Å². The van der Waals surface area contributed by atoms with E-state index in [0.29, 0.717) is 5.56 Å². The van der Waals surface area contributed by atoms with E-state index in [1.54, 1.807) is 12.1 Å². The largest absolute Gasteiger partial charge is 0.369 e. The van der Waals surface area contributed by atoms with Crippen LogP contribution < -0.4 is 11.1 Å². The lowest BCUT2D eigenvalue weighted by Gasteiger charge is -2.02. The Bertz CT molecular complexity index is 286. The van der Waals surface area contributed by atoms with Gasteiger partial charge in [-0.25, -0.2) is 4.98 Å². The molecule has 5 heteroatoms. The summed E-state index contributed by atoms with van der Waals surface area (Å²) in [7, 11) is 0. The summed E-state index contributed by atoms with van der Waals surface area (Å²) in [4.78, 5) is 14.7. The maximum Gasteiger partial charge on any atom is 0.250 e. The molecule has 3 N–H and O–H groups in total. The number of aromatic nitrogens is 1. The number of carbonyl (C=O) groups is 1. The molecule has 0 aromatic carbocycles. The SMILES string of the molecule is NC(=O)c1ccc(NCCS)nc1. The molecule has 0 aliphatic carbocycles. The highest BCUT2D eigenvalue weighted by molar-refractivity contribution is 7.80. The number of nitrogens with one attached hydrogen (secondary N) is 1. The van der Waals surface area contributed by atoms with Crippen molar-refractivity contribution in [2.75, 3.05) is 17.6 Å². The van der Waals surface area contributed by atoms with Crippen LogP contribution in [0.25, 0.3) is 0 Å². The number of rotatable bonds is 4. The minimum Gasteiger partial charge on any atom is -0.369 e. The second-order valence-corrected chi connectivity index (χ2v) is 2.89. The monoisotopic (exact) mass is 197 g/mol. The highest BCUT2D eigenvalue weighted by atomic mass is 32.1. The standard InChI is InChI=1S/C8H11N3OS/c9-8(12)6-1-2-7(11-5-6)10-3-4-13/h1-2,5,13H,3-4H2,(H2,9,12)(H,10,11). The second-order valence-electron chi connectivity index (χ2n) is 2.45. The molecular weight excluding hydrogens is 186 g/mol. The molecule has 0 aliphatic heterocycles. The maximum atomic E-state index is 10.7. The lowest BCUT2D eigenvalue weighted by Crippen LogP contribution is -2.12. The summed E-state index contributed by atoms with van der Waals surface area (Å²) in [5, 5.41) is 3.02. The van der Waals surface area contributed by atoms with Crippen molar-refractivity contribution in [1.29, 1.82) is 0 Å². The fourth-order valence-corrected chi connectivity index (χ4v) is 0.940. The Morgan fingerprint density at radius 1 is 1.62 bits per heavy atom. The first kappa shape index (κ1) is 9.85. The topological polar surface area (TPSA) is 68.0 Å². The molecule has 70 valence electrons. The number of pyridine rings is 1. The van der Waals surface area contributed by atoms with E-state index in [2.05, 4.69) is 22.9 Å². The molecule has 0 fully saturated rings. The Morgan fingerprint density at radius 2 is 2.38 bits per heavy atom. The van der Waals surface area contributed by atoms with Crippen LogP contribution in [-0.4, -0.2) is 23.2 Å². The normalized spacial score (nSPS) is 9.62. The van der Waals surface area contributed by atoms with Crippen molar-refractivity contribution in [1.82, 2.24) is 4.98 Å². The fourth-order valence-electron chi connectivity index (χ4n) is 0.828. The summed E-state index contributed by atoms with van der Waals surface area (Å²) in [5.74, 6) is 0.992. The first-order valence-electron chi connectivity index (χ1n) is 3.84. The van der Waals surface area contributed by atoms with Gasteiger partial charge in [-0.15, -0.1) is 0 Å². The third-order valence-corrected chi connectivity index (χ3v) is 1.69. The highest BCUT2D eigenvalue weighted by Crippen LogP contribution is 2.03. The minimum atomic E-state index is -0.465. The smallest absolute Gasteiger partial charge is 0.250 e. The average Bonchev–Trinajstić information content (AvgIpc) is 2.15. The molecule has 0 aliphatic rings. The molecule has 0 bridgehead atoms. The van der Waals surface area contributed by atoms with Gasteiger partial charge in [0.15, 0.2) is 0 Å². The minimum absolute atomic E-state index is 0.413. The zero-order chi connectivity index (χ0) is 9.68. The van der Waals surface area contributed by atoms with Gasteiger partial charge in [0.2, 0.25) is 5.91 Å². The maximum absolute atomic E-state index is 10.7. The van der Waals surface area contributed by atoms with E-state index in [9.17, 15) is 4.79 Å². The molecule has 1 aromatic heterocycles. The first-order chi connectivity index (χ1) is 6.24. The number of primary amides is 1. The van der Waals surface area contributed by atoms with Crippen molar-refractivity contribution in [2.24, 2.45) is 5.73 Å². The van der Waals surface area contributed by atoms with Gasteiger partial charge in [-0.1, -0.05) is 0 Å². The fraction of sp³-hybridized carbons (Fsp3) is 0.250. The lowest BCUT2D eigenvalue weighted by atomic mass is 10.3. The van der Waals surface area contributed by atoms with E-state index < -0.39 is 5.91 Å². The highest BCUT2D eigenvalue weighted by Gasteiger charge is 1.99. The van der Waals surface area contributed by atoms with Crippen LogP contribution >= 0.6 is 12.6 Å². The quantitative estimate of drug-likeness (QED) is 0.616. The van der Waals surface area contributed by atoms with Crippen LogP contribution in [0, 0.1) is 0 Å². The van der Waals surface area contributed by atoms with Gasteiger partial charge in [0.1, 0.15) is 5.82 Å². The summed E-state index contributed by atoms with van der Waals surface area (Å²) < 4.78 is 0. The van der Waals surface area contributed by atoms with E-state index in [-0.39, 0.29) is 0 Å². The zero-order valence-electron chi connectivity index (χ0n) is 7.03. The van der Waals surface area contributed by atoms with Crippen molar-refractivity contribution in [3.05, 3.63) is 23.9 Å². The van der Waals surface area contributed by atoms with E-state index in [1.165, 1.54) is 6.20 Å². The zero-order valence-corrected chi connectivity index (χ0v) is 7.92. The van der Waals surface area contributed by atoms with E-state index in [4.69, 9.17) is 5.73 Å². The van der Waals surface area contributed by atoms with Crippen molar-refractivity contribution < 1.29 is 4.79 Å². The predicted octanol–water partition coefficient (Wildman–Crippen LogP) is 0.522. The lowest BCUT2D eigenvalue weighted by molar-refractivity contribution is 0.1000. The first-order valence-corrected chi connectivity index (χ1v) is 4.48. The number of thiol groups is 1. The number of hydrogen-bond donors (Lipinski definition) is 3. The van der Waals surface area contributed by atoms with Gasteiger partial charge in [0.25, 0.3) is 0 Å². The average molecular weight is 197 g/mol. The number of amides is 1. The summed E-state index contributed by atoms with van der Waals surface area (Å²) in [6.07, 6.45) is 1.45. The molecule has 13 heavy (non-hydrogen) atoms.